The second kappa shape index (κ2) is 6.58. The molecule has 1 aromatic heterocycles. The Morgan fingerprint density at radius 1 is 1.33 bits per heavy atom. The molecular formula is C18H23N5O4. The Kier molecular flexibility index (Phi) is 4.35. The number of aromatic nitrogens is 3. The predicted octanol–water partition coefficient (Wildman–Crippen LogP) is 2.16. The number of nitro groups is 1. The Labute approximate surface area is 157 Å². The Morgan fingerprint density at radius 3 is 2.85 bits per heavy atom. The summed E-state index contributed by atoms with van der Waals surface area (Å²) in [6.45, 7) is 6.18. The van der Waals surface area contributed by atoms with Crippen LogP contribution in [0, 0.1) is 10.1 Å². The van der Waals surface area contributed by atoms with Crippen LogP contribution in [-0.4, -0.2) is 57.2 Å². The van der Waals surface area contributed by atoms with Crippen molar-refractivity contribution in [1.82, 2.24) is 14.8 Å². The van der Waals surface area contributed by atoms with Crippen molar-refractivity contribution in [1.29, 1.82) is 0 Å². The lowest BCUT2D eigenvalue weighted by atomic mass is 9.93. The van der Waals surface area contributed by atoms with E-state index in [4.69, 9.17) is 9.47 Å². The van der Waals surface area contributed by atoms with Gasteiger partial charge in [0.1, 0.15) is 5.60 Å². The molecule has 1 spiro atoms. The number of benzene rings is 1. The minimum Gasteiger partial charge on any atom is -0.375 e. The molecule has 0 bridgehead atoms. The van der Waals surface area contributed by atoms with Gasteiger partial charge in [0.05, 0.1) is 23.7 Å². The van der Waals surface area contributed by atoms with E-state index in [2.05, 4.69) is 28.9 Å². The van der Waals surface area contributed by atoms with Gasteiger partial charge in [0.2, 0.25) is 5.95 Å². The maximum atomic E-state index is 11.1. The largest absolute Gasteiger partial charge is 0.375 e. The molecule has 2 aromatic rings. The molecule has 0 N–H and O–H groups in total. The summed E-state index contributed by atoms with van der Waals surface area (Å²) in [6, 6.07) is 6.45. The van der Waals surface area contributed by atoms with Gasteiger partial charge >= 0.3 is 0 Å². The van der Waals surface area contributed by atoms with Crippen LogP contribution in [0.15, 0.2) is 24.3 Å². The molecule has 2 aliphatic heterocycles. The van der Waals surface area contributed by atoms with Crippen molar-refractivity contribution in [2.75, 3.05) is 24.6 Å². The maximum Gasteiger partial charge on any atom is 0.270 e. The van der Waals surface area contributed by atoms with Gasteiger partial charge in [-0.15, -0.1) is 10.2 Å². The molecule has 0 unspecified atom stereocenters. The summed E-state index contributed by atoms with van der Waals surface area (Å²) in [5.41, 5.74) is 0.363. The average Bonchev–Trinajstić information content (AvgIpc) is 3.17. The van der Waals surface area contributed by atoms with Crippen LogP contribution in [0.1, 0.15) is 20.3 Å². The van der Waals surface area contributed by atoms with Gasteiger partial charge in [0.15, 0.2) is 5.82 Å². The Balaban J connectivity index is 1.66. The lowest BCUT2D eigenvalue weighted by Crippen LogP contribution is -2.58. The Bertz CT molecular complexity index is 869. The van der Waals surface area contributed by atoms with Crippen LogP contribution < -0.4 is 4.90 Å². The van der Waals surface area contributed by atoms with Crippen molar-refractivity contribution in [2.24, 2.45) is 7.05 Å². The monoisotopic (exact) mass is 373 g/mol. The van der Waals surface area contributed by atoms with Crippen molar-refractivity contribution in [2.45, 2.75) is 38.1 Å². The number of ether oxygens (including phenoxy) is 2. The number of anilines is 1. The molecule has 0 saturated carbocycles. The fraction of sp³-hybridized carbons (Fsp3) is 0.556. The van der Waals surface area contributed by atoms with E-state index in [-0.39, 0.29) is 23.5 Å². The summed E-state index contributed by atoms with van der Waals surface area (Å²) in [4.78, 5) is 12.8. The lowest BCUT2D eigenvalue weighted by molar-refractivity contribution is -0.384. The maximum absolute atomic E-state index is 11.1. The second-order valence-corrected chi connectivity index (χ2v) is 7.33. The summed E-state index contributed by atoms with van der Waals surface area (Å²) >= 11 is 0. The highest BCUT2D eigenvalue weighted by Gasteiger charge is 2.48. The SMILES string of the molecule is C[C@@H]1CN(c2nnc(-c3cccc([N+](=O)[O-])c3)n2C)C[C@@]2(CCO[C@H]2C)O1. The first-order valence-electron chi connectivity index (χ1n) is 9.08. The molecule has 0 aliphatic carbocycles. The zero-order valence-electron chi connectivity index (χ0n) is 15.7. The van der Waals surface area contributed by atoms with Gasteiger partial charge in [-0.1, -0.05) is 12.1 Å². The summed E-state index contributed by atoms with van der Waals surface area (Å²) in [5.74, 6) is 1.32. The van der Waals surface area contributed by atoms with Crippen LogP contribution in [0.3, 0.4) is 0 Å². The van der Waals surface area contributed by atoms with Crippen molar-refractivity contribution >= 4 is 11.6 Å². The molecule has 0 amide bonds. The van der Waals surface area contributed by atoms with Gasteiger partial charge in [-0.3, -0.25) is 14.7 Å². The molecule has 4 rings (SSSR count). The minimum atomic E-state index is -0.407. The zero-order chi connectivity index (χ0) is 19.2. The third-order valence-electron chi connectivity index (χ3n) is 5.46. The van der Waals surface area contributed by atoms with Gasteiger partial charge in [-0.2, -0.15) is 0 Å². The van der Waals surface area contributed by atoms with E-state index in [1.807, 2.05) is 11.6 Å². The number of non-ortho nitro benzene ring substituents is 1. The molecule has 1 aromatic carbocycles. The van der Waals surface area contributed by atoms with Crippen molar-refractivity contribution in [3.8, 4) is 11.4 Å². The normalized spacial score (nSPS) is 28.0. The fourth-order valence-corrected chi connectivity index (χ4v) is 4.06. The molecular weight excluding hydrogens is 350 g/mol. The van der Waals surface area contributed by atoms with Crippen LogP contribution >= 0.6 is 0 Å². The van der Waals surface area contributed by atoms with Gasteiger partial charge in [-0.25, -0.2) is 0 Å². The van der Waals surface area contributed by atoms with Crippen molar-refractivity contribution < 1.29 is 14.4 Å². The Hall–Kier alpha value is -2.52. The molecule has 0 radical (unpaired) electrons. The predicted molar refractivity (Wildman–Crippen MR) is 98.6 cm³/mol. The molecule has 9 heteroatoms. The lowest BCUT2D eigenvalue weighted by Gasteiger charge is -2.45. The van der Waals surface area contributed by atoms with Crippen LogP contribution in [-0.2, 0) is 16.5 Å². The number of hydrogen-bond donors (Lipinski definition) is 0. The molecule has 144 valence electrons. The summed E-state index contributed by atoms with van der Waals surface area (Å²) < 4.78 is 13.9. The van der Waals surface area contributed by atoms with Crippen LogP contribution in [0.25, 0.3) is 11.4 Å². The molecule has 9 nitrogen and oxygen atoms in total. The summed E-state index contributed by atoms with van der Waals surface area (Å²) in [5, 5.41) is 19.7. The quantitative estimate of drug-likeness (QED) is 0.601. The smallest absolute Gasteiger partial charge is 0.270 e. The van der Waals surface area contributed by atoms with E-state index < -0.39 is 4.92 Å². The number of morpholine rings is 1. The zero-order valence-corrected chi connectivity index (χ0v) is 15.7. The van der Waals surface area contributed by atoms with E-state index in [9.17, 15) is 10.1 Å². The highest BCUT2D eigenvalue weighted by Crippen LogP contribution is 2.36. The number of hydrogen-bond acceptors (Lipinski definition) is 7. The second-order valence-electron chi connectivity index (χ2n) is 7.33. The fourth-order valence-electron chi connectivity index (χ4n) is 4.06. The molecule has 3 heterocycles. The first kappa shape index (κ1) is 17.9. The number of rotatable bonds is 3. The third-order valence-corrected chi connectivity index (χ3v) is 5.46. The molecule has 3 atom stereocenters. The van der Waals surface area contributed by atoms with Crippen LogP contribution in [0.2, 0.25) is 0 Å². The van der Waals surface area contributed by atoms with Gasteiger partial charge in [0, 0.05) is 44.3 Å². The van der Waals surface area contributed by atoms with E-state index >= 15 is 0 Å². The number of nitro benzene ring substituents is 1. The standard InChI is InChI=1S/C18H23N5O4/c1-12-10-22(11-18(27-12)7-8-26-13(18)2)17-20-19-16(21(17)3)14-5-4-6-15(9-14)23(24)25/h4-6,9,12-13H,7-8,10-11H2,1-3H3/t12-,13+,18-/m1/s1. The van der Waals surface area contributed by atoms with E-state index in [1.165, 1.54) is 12.1 Å². The van der Waals surface area contributed by atoms with Crippen LogP contribution in [0.4, 0.5) is 11.6 Å². The molecule has 2 saturated heterocycles. The van der Waals surface area contributed by atoms with Crippen LogP contribution in [0.5, 0.6) is 0 Å². The van der Waals surface area contributed by atoms with Gasteiger partial charge in [-0.05, 0) is 13.8 Å². The van der Waals surface area contributed by atoms with Crippen molar-refractivity contribution in [3.05, 3.63) is 34.4 Å². The van der Waals surface area contributed by atoms with Gasteiger partial charge in [0.25, 0.3) is 5.69 Å². The van der Waals surface area contributed by atoms with Gasteiger partial charge < -0.3 is 14.4 Å². The third kappa shape index (κ3) is 3.06. The Morgan fingerprint density at radius 2 is 2.15 bits per heavy atom. The molecule has 27 heavy (non-hydrogen) atoms. The van der Waals surface area contributed by atoms with Crippen molar-refractivity contribution in [3.63, 3.8) is 0 Å². The highest BCUT2D eigenvalue weighted by atomic mass is 16.6. The number of nitrogens with zero attached hydrogens (tertiary/aromatic N) is 5. The molecule has 2 fully saturated rings. The van der Waals surface area contributed by atoms with E-state index in [1.54, 1.807) is 12.1 Å². The molecule has 2 aliphatic rings. The first-order valence-corrected chi connectivity index (χ1v) is 9.08. The summed E-state index contributed by atoms with van der Waals surface area (Å²) in [7, 11) is 1.88. The first-order chi connectivity index (χ1) is 12.9. The van der Waals surface area contributed by atoms with E-state index in [0.29, 0.717) is 31.1 Å². The highest BCUT2D eigenvalue weighted by molar-refractivity contribution is 5.61. The average molecular weight is 373 g/mol. The van der Waals surface area contributed by atoms with E-state index in [0.717, 1.165) is 12.4 Å². The topological polar surface area (TPSA) is 95.6 Å². The summed E-state index contributed by atoms with van der Waals surface area (Å²) in [6.07, 6.45) is 0.915. The minimum absolute atomic E-state index is 0.0206.